The van der Waals surface area contributed by atoms with Gasteiger partial charge in [0.25, 0.3) is 11.1 Å². The zero-order valence-electron chi connectivity index (χ0n) is 11.8. The lowest BCUT2D eigenvalue weighted by atomic mass is 10.2. The fourth-order valence-corrected chi connectivity index (χ4v) is 3.77. The molecule has 2 amide bonds. The van der Waals surface area contributed by atoms with Gasteiger partial charge < -0.3 is 0 Å². The highest BCUT2D eigenvalue weighted by molar-refractivity contribution is 14.1. The number of imide groups is 1. The predicted octanol–water partition coefficient (Wildman–Crippen LogP) is 5.18. The number of amides is 2. The van der Waals surface area contributed by atoms with Crippen LogP contribution in [0.4, 0.5) is 4.79 Å². The van der Waals surface area contributed by atoms with Crippen LogP contribution in [0.5, 0.6) is 0 Å². The quantitative estimate of drug-likeness (QED) is 0.473. The monoisotopic (exact) mass is 455 g/mol. The van der Waals surface area contributed by atoms with Gasteiger partial charge in [-0.15, -0.1) is 0 Å². The number of carbonyl (C=O) groups excluding carboxylic acids is 2. The van der Waals surface area contributed by atoms with E-state index < -0.39 is 0 Å². The summed E-state index contributed by atoms with van der Waals surface area (Å²) in [7, 11) is 0. The van der Waals surface area contributed by atoms with Crippen LogP contribution >= 0.6 is 46.0 Å². The van der Waals surface area contributed by atoms with E-state index >= 15 is 0 Å². The minimum Gasteiger partial charge on any atom is -0.268 e. The van der Waals surface area contributed by atoms with Crippen molar-refractivity contribution in [2.75, 3.05) is 0 Å². The van der Waals surface area contributed by atoms with Crippen LogP contribution in [0.1, 0.15) is 11.1 Å². The number of rotatable bonds is 3. The molecule has 1 aliphatic heterocycles. The topological polar surface area (TPSA) is 37.4 Å². The molecular formula is C17H11ClINO2S. The Kier molecular flexibility index (Phi) is 5.08. The van der Waals surface area contributed by atoms with Gasteiger partial charge in [0.05, 0.1) is 11.4 Å². The van der Waals surface area contributed by atoms with Gasteiger partial charge in [0.2, 0.25) is 0 Å². The van der Waals surface area contributed by atoms with E-state index in [1.165, 1.54) is 4.90 Å². The molecule has 1 saturated heterocycles. The molecule has 1 aliphatic rings. The van der Waals surface area contributed by atoms with E-state index in [1.807, 2.05) is 30.3 Å². The lowest BCUT2D eigenvalue weighted by Crippen LogP contribution is -2.27. The third-order valence-corrected chi connectivity index (χ3v) is 5.42. The van der Waals surface area contributed by atoms with Crippen molar-refractivity contribution in [2.45, 2.75) is 6.54 Å². The molecule has 0 aromatic heterocycles. The zero-order chi connectivity index (χ0) is 16.4. The minimum absolute atomic E-state index is 0.231. The van der Waals surface area contributed by atoms with Gasteiger partial charge in [-0.05, 0) is 69.8 Å². The normalized spacial score (nSPS) is 16.4. The van der Waals surface area contributed by atoms with Crippen LogP contribution in [0.15, 0.2) is 53.4 Å². The average Bonchev–Trinajstić information content (AvgIpc) is 2.77. The molecule has 0 spiro atoms. The highest BCUT2D eigenvalue weighted by Gasteiger charge is 2.35. The van der Waals surface area contributed by atoms with Crippen LogP contribution in [-0.2, 0) is 11.3 Å². The van der Waals surface area contributed by atoms with Gasteiger partial charge in [-0.2, -0.15) is 0 Å². The fourth-order valence-electron chi connectivity index (χ4n) is 2.19. The maximum Gasteiger partial charge on any atom is 0.293 e. The standard InChI is InChI=1S/C17H11ClINO2S/c18-13-6-3-4-11(8-13)10-20-16(21)15(23-17(20)22)9-12-5-1-2-7-14(12)19/h1-9H,10H2/b15-9-. The summed E-state index contributed by atoms with van der Waals surface area (Å²) in [6, 6.07) is 14.9. The molecule has 0 atom stereocenters. The predicted molar refractivity (Wildman–Crippen MR) is 102 cm³/mol. The van der Waals surface area contributed by atoms with Gasteiger partial charge in [0.15, 0.2) is 0 Å². The Hall–Kier alpha value is -1.31. The van der Waals surface area contributed by atoms with Crippen molar-refractivity contribution in [3.8, 4) is 0 Å². The summed E-state index contributed by atoms with van der Waals surface area (Å²) < 4.78 is 1.03. The van der Waals surface area contributed by atoms with Crippen molar-refractivity contribution in [3.05, 3.63) is 73.2 Å². The summed E-state index contributed by atoms with van der Waals surface area (Å²) >= 11 is 9.13. The number of hydrogen-bond acceptors (Lipinski definition) is 3. The number of halogens is 2. The zero-order valence-corrected chi connectivity index (χ0v) is 15.6. The van der Waals surface area contributed by atoms with Gasteiger partial charge in [-0.3, -0.25) is 14.5 Å². The van der Waals surface area contributed by atoms with Crippen LogP contribution in [-0.4, -0.2) is 16.0 Å². The molecule has 0 saturated carbocycles. The largest absolute Gasteiger partial charge is 0.293 e. The third-order valence-electron chi connectivity index (χ3n) is 3.30. The number of benzene rings is 2. The second-order valence-corrected chi connectivity index (χ2v) is 7.51. The van der Waals surface area contributed by atoms with Gasteiger partial charge >= 0.3 is 0 Å². The molecule has 3 nitrogen and oxygen atoms in total. The van der Waals surface area contributed by atoms with Crippen LogP contribution < -0.4 is 0 Å². The molecule has 1 heterocycles. The second-order valence-electron chi connectivity index (χ2n) is 4.92. The molecule has 0 N–H and O–H groups in total. The van der Waals surface area contributed by atoms with E-state index in [9.17, 15) is 9.59 Å². The summed E-state index contributed by atoms with van der Waals surface area (Å²) in [4.78, 5) is 26.3. The van der Waals surface area contributed by atoms with Crippen LogP contribution in [0.2, 0.25) is 5.02 Å². The summed E-state index contributed by atoms with van der Waals surface area (Å²) in [6.07, 6.45) is 1.77. The number of thioether (sulfide) groups is 1. The fraction of sp³-hybridized carbons (Fsp3) is 0.0588. The van der Waals surface area contributed by atoms with Gasteiger partial charge in [0, 0.05) is 8.59 Å². The number of carbonyl (C=O) groups is 2. The molecule has 0 radical (unpaired) electrons. The molecular weight excluding hydrogens is 445 g/mol. The molecule has 3 rings (SSSR count). The first-order valence-corrected chi connectivity index (χ1v) is 9.06. The Morgan fingerprint density at radius 3 is 2.65 bits per heavy atom. The maximum absolute atomic E-state index is 12.5. The Labute approximate surface area is 156 Å². The van der Waals surface area contributed by atoms with E-state index in [0.29, 0.717) is 9.93 Å². The van der Waals surface area contributed by atoms with Crippen LogP contribution in [0.3, 0.4) is 0 Å². The lowest BCUT2D eigenvalue weighted by molar-refractivity contribution is -0.123. The third kappa shape index (κ3) is 3.79. The van der Waals surface area contributed by atoms with E-state index in [-0.39, 0.29) is 17.7 Å². The van der Waals surface area contributed by atoms with E-state index in [1.54, 1.807) is 24.3 Å². The van der Waals surface area contributed by atoms with Gasteiger partial charge in [-0.1, -0.05) is 41.9 Å². The average molecular weight is 456 g/mol. The molecule has 6 heteroatoms. The molecule has 0 bridgehead atoms. The summed E-state index contributed by atoms with van der Waals surface area (Å²) in [5.74, 6) is -0.264. The van der Waals surface area contributed by atoms with Gasteiger partial charge in [-0.25, -0.2) is 0 Å². The molecule has 0 unspecified atom stereocenters. The Morgan fingerprint density at radius 1 is 1.13 bits per heavy atom. The van der Waals surface area contributed by atoms with Crippen LogP contribution in [0, 0.1) is 3.57 Å². The molecule has 2 aromatic rings. The van der Waals surface area contributed by atoms with Gasteiger partial charge in [0.1, 0.15) is 0 Å². The SMILES string of the molecule is O=C1S/C(=C\c2ccccc2I)C(=O)N1Cc1cccc(Cl)c1. The van der Waals surface area contributed by atoms with E-state index in [4.69, 9.17) is 11.6 Å². The number of nitrogens with zero attached hydrogens (tertiary/aromatic N) is 1. The van der Waals surface area contributed by atoms with E-state index in [2.05, 4.69) is 22.6 Å². The second kappa shape index (κ2) is 7.07. The van der Waals surface area contributed by atoms with Crippen molar-refractivity contribution in [2.24, 2.45) is 0 Å². The van der Waals surface area contributed by atoms with E-state index in [0.717, 1.165) is 26.5 Å². The summed E-state index contributed by atoms with van der Waals surface area (Å²) in [5, 5.41) is 0.330. The lowest BCUT2D eigenvalue weighted by Gasteiger charge is -2.12. The highest BCUT2D eigenvalue weighted by atomic mass is 127. The maximum atomic E-state index is 12.5. The molecule has 23 heavy (non-hydrogen) atoms. The molecule has 116 valence electrons. The first kappa shape index (κ1) is 16.5. The van der Waals surface area contributed by atoms with Crippen molar-refractivity contribution < 1.29 is 9.59 Å². The molecule has 2 aromatic carbocycles. The highest BCUT2D eigenvalue weighted by Crippen LogP contribution is 2.34. The van der Waals surface area contributed by atoms with Crippen molar-refractivity contribution in [3.63, 3.8) is 0 Å². The van der Waals surface area contributed by atoms with Crippen molar-refractivity contribution >= 4 is 63.2 Å². The summed E-state index contributed by atoms with van der Waals surface area (Å²) in [5.41, 5.74) is 1.76. The smallest absolute Gasteiger partial charge is 0.268 e. The molecule has 1 fully saturated rings. The number of hydrogen-bond donors (Lipinski definition) is 0. The van der Waals surface area contributed by atoms with Crippen molar-refractivity contribution in [1.82, 2.24) is 4.90 Å². The molecule has 0 aliphatic carbocycles. The van der Waals surface area contributed by atoms with Crippen LogP contribution in [0.25, 0.3) is 6.08 Å². The Morgan fingerprint density at radius 2 is 1.91 bits per heavy atom. The first-order valence-electron chi connectivity index (χ1n) is 6.79. The Balaban J connectivity index is 1.84. The summed E-state index contributed by atoms with van der Waals surface area (Å²) in [6.45, 7) is 0.231. The van der Waals surface area contributed by atoms with Crippen molar-refractivity contribution in [1.29, 1.82) is 0 Å². The Bertz CT molecular complexity index is 822. The minimum atomic E-state index is -0.264. The first-order chi connectivity index (χ1) is 11.0.